The average Bonchev–Trinajstić information content (AvgIpc) is 2.30. The molecule has 2 atom stereocenters. The van der Waals surface area contributed by atoms with Gasteiger partial charge in [0, 0.05) is 6.04 Å². The molecule has 0 aromatic heterocycles. The molecule has 0 bridgehead atoms. The average molecular weight is 173 g/mol. The number of carboxylic acids is 1. The normalized spacial score (nSPS) is 27.6. The molecule has 3 N–H and O–H groups in total. The summed E-state index contributed by atoms with van der Waals surface area (Å²) < 4.78 is 0. The van der Waals surface area contributed by atoms with Gasteiger partial charge in [-0.05, 0) is 19.4 Å². The smallest absolute Gasteiger partial charge is 0.334 e. The van der Waals surface area contributed by atoms with Crippen LogP contribution >= 0.6 is 0 Å². The van der Waals surface area contributed by atoms with Crippen molar-refractivity contribution in [3.63, 3.8) is 0 Å². The molecule has 0 aromatic carbocycles. The van der Waals surface area contributed by atoms with Gasteiger partial charge in [-0.1, -0.05) is 12.8 Å². The summed E-state index contributed by atoms with van der Waals surface area (Å²) in [6.45, 7) is 0.814. The molecule has 0 aliphatic carbocycles. The van der Waals surface area contributed by atoms with Crippen molar-refractivity contribution >= 4 is 5.97 Å². The van der Waals surface area contributed by atoms with Gasteiger partial charge < -0.3 is 15.5 Å². The SMILES string of the molecule is O=C(O)C(O)C1CCCCCN1. The standard InChI is InChI=1S/C8H15NO3/c10-7(8(11)12)6-4-2-1-3-5-9-6/h6-7,9-10H,1-5H2,(H,11,12). The molecule has 0 saturated carbocycles. The molecule has 0 spiro atoms. The van der Waals surface area contributed by atoms with Crippen molar-refractivity contribution in [3.8, 4) is 0 Å². The Kier molecular flexibility index (Phi) is 3.49. The molecule has 1 fully saturated rings. The molecule has 4 heteroatoms. The first-order valence-electron chi connectivity index (χ1n) is 4.36. The highest BCUT2D eigenvalue weighted by Crippen LogP contribution is 2.11. The third-order valence-corrected chi connectivity index (χ3v) is 2.23. The lowest BCUT2D eigenvalue weighted by Gasteiger charge is -2.18. The van der Waals surface area contributed by atoms with E-state index in [2.05, 4.69) is 5.32 Å². The Morgan fingerprint density at radius 2 is 2.17 bits per heavy atom. The number of aliphatic hydroxyl groups excluding tert-OH is 1. The van der Waals surface area contributed by atoms with Crippen LogP contribution in [0.3, 0.4) is 0 Å². The molecule has 0 amide bonds. The number of aliphatic carboxylic acids is 1. The number of hydrogen-bond donors (Lipinski definition) is 3. The fourth-order valence-corrected chi connectivity index (χ4v) is 1.50. The molecule has 70 valence electrons. The van der Waals surface area contributed by atoms with Gasteiger partial charge in [0.25, 0.3) is 0 Å². The Hall–Kier alpha value is -0.610. The van der Waals surface area contributed by atoms with Crippen molar-refractivity contribution in [2.75, 3.05) is 6.54 Å². The molecular formula is C8H15NO3. The Morgan fingerprint density at radius 1 is 1.42 bits per heavy atom. The summed E-state index contributed by atoms with van der Waals surface area (Å²) in [6.07, 6.45) is 2.71. The van der Waals surface area contributed by atoms with Crippen LogP contribution in [0.1, 0.15) is 25.7 Å². The lowest BCUT2D eigenvalue weighted by atomic mass is 10.1. The summed E-state index contributed by atoms with van der Waals surface area (Å²) in [4.78, 5) is 10.4. The number of rotatable bonds is 2. The van der Waals surface area contributed by atoms with Gasteiger partial charge in [0.05, 0.1) is 0 Å². The first-order chi connectivity index (χ1) is 5.72. The van der Waals surface area contributed by atoms with Crippen LogP contribution in [-0.4, -0.2) is 34.9 Å². The summed E-state index contributed by atoms with van der Waals surface area (Å²) in [7, 11) is 0. The zero-order chi connectivity index (χ0) is 8.97. The van der Waals surface area contributed by atoms with Gasteiger partial charge in [-0.25, -0.2) is 4.79 Å². The highest BCUT2D eigenvalue weighted by Gasteiger charge is 2.25. The van der Waals surface area contributed by atoms with Crippen LogP contribution < -0.4 is 5.32 Å². The predicted molar refractivity (Wildman–Crippen MR) is 43.9 cm³/mol. The lowest BCUT2D eigenvalue weighted by molar-refractivity contribution is -0.148. The first kappa shape index (κ1) is 9.48. The van der Waals surface area contributed by atoms with Crippen molar-refractivity contribution in [2.24, 2.45) is 0 Å². The topological polar surface area (TPSA) is 69.6 Å². The molecule has 0 radical (unpaired) electrons. The van der Waals surface area contributed by atoms with E-state index in [0.29, 0.717) is 0 Å². The van der Waals surface area contributed by atoms with Crippen molar-refractivity contribution in [1.82, 2.24) is 5.32 Å². The van der Waals surface area contributed by atoms with Crippen LogP contribution in [0.4, 0.5) is 0 Å². The van der Waals surface area contributed by atoms with E-state index in [9.17, 15) is 9.90 Å². The number of aliphatic hydroxyl groups is 1. The Bertz CT molecular complexity index is 152. The third-order valence-electron chi connectivity index (χ3n) is 2.23. The third kappa shape index (κ3) is 2.46. The molecule has 4 nitrogen and oxygen atoms in total. The van der Waals surface area contributed by atoms with Crippen LogP contribution in [0.2, 0.25) is 0 Å². The van der Waals surface area contributed by atoms with E-state index in [1.54, 1.807) is 0 Å². The van der Waals surface area contributed by atoms with Crippen LogP contribution in [0, 0.1) is 0 Å². The molecule has 1 saturated heterocycles. The second kappa shape index (κ2) is 4.42. The van der Waals surface area contributed by atoms with Gasteiger partial charge in [-0.3, -0.25) is 0 Å². The minimum atomic E-state index is -1.25. The van der Waals surface area contributed by atoms with Crippen LogP contribution in [0.15, 0.2) is 0 Å². The van der Waals surface area contributed by atoms with E-state index in [4.69, 9.17) is 5.11 Å². The van der Waals surface area contributed by atoms with E-state index in [1.807, 2.05) is 0 Å². The molecule has 12 heavy (non-hydrogen) atoms. The Balaban J connectivity index is 2.42. The number of carbonyl (C=O) groups is 1. The summed E-state index contributed by atoms with van der Waals surface area (Å²) in [5.41, 5.74) is 0. The minimum absolute atomic E-state index is 0.259. The lowest BCUT2D eigenvalue weighted by Crippen LogP contribution is -2.43. The molecule has 1 rings (SSSR count). The zero-order valence-electron chi connectivity index (χ0n) is 6.99. The van der Waals surface area contributed by atoms with Crippen molar-refractivity contribution < 1.29 is 15.0 Å². The number of carboxylic acid groups (broad SMARTS) is 1. The van der Waals surface area contributed by atoms with E-state index in [0.717, 1.165) is 32.2 Å². The second-order valence-electron chi connectivity index (χ2n) is 3.19. The Labute approximate surface area is 71.6 Å². The molecule has 1 aliphatic heterocycles. The van der Waals surface area contributed by atoms with Crippen molar-refractivity contribution in [1.29, 1.82) is 0 Å². The highest BCUT2D eigenvalue weighted by atomic mass is 16.4. The highest BCUT2D eigenvalue weighted by molar-refractivity contribution is 5.72. The zero-order valence-corrected chi connectivity index (χ0v) is 6.99. The molecule has 1 heterocycles. The van der Waals surface area contributed by atoms with Gasteiger partial charge in [-0.15, -0.1) is 0 Å². The summed E-state index contributed by atoms with van der Waals surface area (Å²) in [5, 5.41) is 20.8. The van der Waals surface area contributed by atoms with Crippen LogP contribution in [0.25, 0.3) is 0 Å². The maximum Gasteiger partial charge on any atom is 0.334 e. The first-order valence-corrected chi connectivity index (χ1v) is 4.36. The van der Waals surface area contributed by atoms with Crippen LogP contribution in [0.5, 0.6) is 0 Å². The van der Waals surface area contributed by atoms with Crippen molar-refractivity contribution in [2.45, 2.75) is 37.8 Å². The van der Waals surface area contributed by atoms with Gasteiger partial charge in [0.1, 0.15) is 0 Å². The molecule has 1 aliphatic rings. The Morgan fingerprint density at radius 3 is 2.83 bits per heavy atom. The number of nitrogens with one attached hydrogen (secondary N) is 1. The summed E-state index contributed by atoms with van der Waals surface area (Å²) >= 11 is 0. The van der Waals surface area contributed by atoms with Gasteiger partial charge in [0.15, 0.2) is 6.10 Å². The van der Waals surface area contributed by atoms with E-state index < -0.39 is 12.1 Å². The minimum Gasteiger partial charge on any atom is -0.479 e. The van der Waals surface area contributed by atoms with E-state index in [1.165, 1.54) is 0 Å². The fourth-order valence-electron chi connectivity index (χ4n) is 1.50. The maximum absolute atomic E-state index is 10.4. The number of hydrogen-bond acceptors (Lipinski definition) is 3. The maximum atomic E-state index is 10.4. The summed E-state index contributed by atoms with van der Waals surface area (Å²) in [6, 6.07) is -0.259. The van der Waals surface area contributed by atoms with Gasteiger partial charge >= 0.3 is 5.97 Å². The van der Waals surface area contributed by atoms with E-state index >= 15 is 0 Å². The fraction of sp³-hybridized carbons (Fsp3) is 0.875. The van der Waals surface area contributed by atoms with E-state index in [-0.39, 0.29) is 6.04 Å². The molecular weight excluding hydrogens is 158 g/mol. The second-order valence-corrected chi connectivity index (χ2v) is 3.19. The van der Waals surface area contributed by atoms with Gasteiger partial charge in [0.2, 0.25) is 0 Å². The predicted octanol–water partition coefficient (Wildman–Crippen LogP) is -0.0359. The molecule has 0 aromatic rings. The van der Waals surface area contributed by atoms with Gasteiger partial charge in [-0.2, -0.15) is 0 Å². The molecule has 2 unspecified atom stereocenters. The summed E-state index contributed by atoms with van der Waals surface area (Å²) in [5.74, 6) is -1.13. The van der Waals surface area contributed by atoms with Crippen LogP contribution in [-0.2, 0) is 4.79 Å². The quantitative estimate of drug-likeness (QED) is 0.548. The monoisotopic (exact) mass is 173 g/mol. The van der Waals surface area contributed by atoms with Crippen molar-refractivity contribution in [3.05, 3.63) is 0 Å². The largest absolute Gasteiger partial charge is 0.479 e.